The van der Waals surface area contributed by atoms with Crippen LogP contribution in [0.3, 0.4) is 0 Å². The molecule has 0 aromatic rings. The molecule has 0 aromatic heterocycles. The van der Waals surface area contributed by atoms with E-state index in [4.69, 9.17) is 0 Å². The summed E-state index contributed by atoms with van der Waals surface area (Å²) in [5.41, 5.74) is -0.216. The zero-order valence-corrected chi connectivity index (χ0v) is 7.50. The molecule has 4 atom stereocenters. The zero-order valence-electron chi connectivity index (χ0n) is 7.50. The van der Waals surface area contributed by atoms with Gasteiger partial charge < -0.3 is 5.11 Å². The van der Waals surface area contributed by atoms with E-state index < -0.39 is 5.97 Å². The molecule has 2 heteroatoms. The largest absolute Gasteiger partial charge is 0.481 e. The van der Waals surface area contributed by atoms with Crippen molar-refractivity contribution in [3.63, 3.8) is 0 Å². The molecular formula is C10H14O2. The Bertz CT molecular complexity index is 268. The van der Waals surface area contributed by atoms with Gasteiger partial charge in [-0.1, -0.05) is 13.8 Å². The van der Waals surface area contributed by atoms with Gasteiger partial charge in [0.2, 0.25) is 0 Å². The summed E-state index contributed by atoms with van der Waals surface area (Å²) in [6.45, 7) is 4.30. The molecule has 0 saturated heterocycles. The highest BCUT2D eigenvalue weighted by Gasteiger charge is 2.86. The van der Waals surface area contributed by atoms with Gasteiger partial charge in [-0.3, -0.25) is 4.79 Å². The average Bonchev–Trinajstić information content (AvgIpc) is 2.30. The maximum atomic E-state index is 11.2. The molecule has 1 N–H and O–H groups in total. The minimum atomic E-state index is -0.525. The van der Waals surface area contributed by atoms with E-state index in [1.165, 1.54) is 12.8 Å². The summed E-state index contributed by atoms with van der Waals surface area (Å²) in [6.07, 6.45) is 2.37. The lowest BCUT2D eigenvalue weighted by molar-refractivity contribution is -0.148. The Hall–Kier alpha value is -0.530. The predicted octanol–water partition coefficient (Wildman–Crippen LogP) is 1.75. The van der Waals surface area contributed by atoms with Crippen molar-refractivity contribution < 1.29 is 9.90 Å². The van der Waals surface area contributed by atoms with Gasteiger partial charge in [0, 0.05) is 0 Å². The SMILES string of the molecule is CC1(C)C2C[C@@H]3[C@H](C2)C31C(=O)O. The Morgan fingerprint density at radius 2 is 1.83 bits per heavy atom. The highest BCUT2D eigenvalue weighted by molar-refractivity contribution is 5.82. The molecule has 12 heavy (non-hydrogen) atoms. The maximum Gasteiger partial charge on any atom is 0.310 e. The van der Waals surface area contributed by atoms with E-state index in [9.17, 15) is 9.90 Å². The lowest BCUT2D eigenvalue weighted by Gasteiger charge is -2.28. The Kier molecular flexibility index (Phi) is 0.836. The number of carbonyl (C=O) groups is 1. The smallest absolute Gasteiger partial charge is 0.310 e. The number of carboxylic acid groups (broad SMARTS) is 1. The molecule has 4 fully saturated rings. The maximum absolute atomic E-state index is 11.2. The first-order valence-corrected chi connectivity index (χ1v) is 4.76. The Balaban J connectivity index is 2.15. The van der Waals surface area contributed by atoms with Crippen molar-refractivity contribution in [2.45, 2.75) is 26.7 Å². The van der Waals surface area contributed by atoms with Gasteiger partial charge in [-0.25, -0.2) is 0 Å². The van der Waals surface area contributed by atoms with Crippen molar-refractivity contribution >= 4 is 5.97 Å². The molecule has 4 bridgehead atoms. The van der Waals surface area contributed by atoms with Gasteiger partial charge >= 0.3 is 5.97 Å². The van der Waals surface area contributed by atoms with Gasteiger partial charge in [-0.05, 0) is 36.0 Å². The number of hydrogen-bond donors (Lipinski definition) is 1. The molecule has 0 aliphatic heterocycles. The second-order valence-electron chi connectivity index (χ2n) is 5.28. The molecule has 2 nitrogen and oxygen atoms in total. The van der Waals surface area contributed by atoms with Gasteiger partial charge in [0.15, 0.2) is 0 Å². The summed E-state index contributed by atoms with van der Waals surface area (Å²) in [5.74, 6) is 1.25. The topological polar surface area (TPSA) is 37.3 Å². The third kappa shape index (κ3) is 0.377. The first-order valence-electron chi connectivity index (χ1n) is 4.76. The van der Waals surface area contributed by atoms with Crippen molar-refractivity contribution in [2.75, 3.05) is 0 Å². The van der Waals surface area contributed by atoms with Gasteiger partial charge in [0.25, 0.3) is 0 Å². The van der Waals surface area contributed by atoms with Crippen LogP contribution in [0.15, 0.2) is 0 Å². The van der Waals surface area contributed by atoms with Crippen molar-refractivity contribution in [3.8, 4) is 0 Å². The fourth-order valence-electron chi connectivity index (χ4n) is 4.42. The molecule has 4 saturated carbocycles. The third-order valence-corrected chi connectivity index (χ3v) is 5.06. The molecule has 0 radical (unpaired) electrons. The van der Waals surface area contributed by atoms with Gasteiger partial charge in [-0.2, -0.15) is 0 Å². The van der Waals surface area contributed by atoms with Crippen LogP contribution in [0.25, 0.3) is 0 Å². The number of rotatable bonds is 1. The van der Waals surface area contributed by atoms with E-state index in [0.29, 0.717) is 17.8 Å². The van der Waals surface area contributed by atoms with Gasteiger partial charge in [0.1, 0.15) is 0 Å². The standard InChI is InChI=1S/C10H14O2/c1-9(2)5-3-6-7(4-5)10(6,9)8(11)12/h5-7H,3-4H2,1-2H3,(H,11,12)/t5?,6-,7+,10?. The monoisotopic (exact) mass is 166 g/mol. The Morgan fingerprint density at radius 1 is 1.33 bits per heavy atom. The van der Waals surface area contributed by atoms with Crippen LogP contribution in [0, 0.1) is 28.6 Å². The van der Waals surface area contributed by atoms with E-state index in [0.717, 1.165) is 0 Å². The molecule has 0 aromatic carbocycles. The van der Waals surface area contributed by atoms with Crippen LogP contribution in [0.1, 0.15) is 26.7 Å². The van der Waals surface area contributed by atoms with E-state index in [1.807, 2.05) is 0 Å². The number of hydrogen-bond acceptors (Lipinski definition) is 1. The second-order valence-corrected chi connectivity index (χ2v) is 5.28. The van der Waals surface area contributed by atoms with E-state index in [1.54, 1.807) is 0 Å². The van der Waals surface area contributed by atoms with Crippen molar-refractivity contribution in [3.05, 3.63) is 0 Å². The van der Waals surface area contributed by atoms with Crippen LogP contribution in [0.4, 0.5) is 0 Å². The fraction of sp³-hybridized carbons (Fsp3) is 0.900. The molecule has 0 spiro atoms. The van der Waals surface area contributed by atoms with Crippen LogP contribution in [0.5, 0.6) is 0 Å². The molecule has 0 heterocycles. The molecule has 0 amide bonds. The van der Waals surface area contributed by atoms with E-state index in [2.05, 4.69) is 13.8 Å². The van der Waals surface area contributed by atoms with Crippen LogP contribution >= 0.6 is 0 Å². The van der Waals surface area contributed by atoms with Crippen molar-refractivity contribution in [1.82, 2.24) is 0 Å². The molecular weight excluding hydrogens is 152 g/mol. The minimum absolute atomic E-state index is 0.0775. The fourth-order valence-corrected chi connectivity index (χ4v) is 4.42. The Labute approximate surface area is 72.0 Å². The summed E-state index contributed by atoms with van der Waals surface area (Å²) < 4.78 is 0. The van der Waals surface area contributed by atoms with E-state index in [-0.39, 0.29) is 10.8 Å². The molecule has 4 aliphatic rings. The summed E-state index contributed by atoms with van der Waals surface area (Å²) in [6, 6.07) is 0. The number of carboxylic acids is 1. The van der Waals surface area contributed by atoms with Crippen molar-refractivity contribution in [1.29, 1.82) is 0 Å². The highest BCUT2D eigenvalue weighted by atomic mass is 16.4. The average molecular weight is 166 g/mol. The molecule has 4 aliphatic carbocycles. The lowest BCUT2D eigenvalue weighted by atomic mass is 9.75. The molecule has 4 rings (SSSR count). The van der Waals surface area contributed by atoms with Gasteiger partial charge in [0.05, 0.1) is 5.41 Å². The first-order chi connectivity index (χ1) is 5.53. The summed E-state index contributed by atoms with van der Waals surface area (Å²) >= 11 is 0. The van der Waals surface area contributed by atoms with Crippen LogP contribution in [0.2, 0.25) is 0 Å². The summed E-state index contributed by atoms with van der Waals surface area (Å²) in [4.78, 5) is 11.2. The van der Waals surface area contributed by atoms with Crippen LogP contribution in [-0.4, -0.2) is 11.1 Å². The molecule has 66 valence electrons. The lowest BCUT2D eigenvalue weighted by Crippen LogP contribution is -2.32. The van der Waals surface area contributed by atoms with Gasteiger partial charge in [-0.15, -0.1) is 0 Å². The predicted molar refractivity (Wildman–Crippen MR) is 43.6 cm³/mol. The highest BCUT2D eigenvalue weighted by Crippen LogP contribution is 2.86. The zero-order chi connectivity index (χ0) is 8.72. The second kappa shape index (κ2) is 1.45. The Morgan fingerprint density at radius 3 is 2.00 bits per heavy atom. The van der Waals surface area contributed by atoms with Crippen LogP contribution < -0.4 is 0 Å². The number of aliphatic carboxylic acids is 1. The summed E-state index contributed by atoms with van der Waals surface area (Å²) in [5, 5.41) is 9.25. The minimum Gasteiger partial charge on any atom is -0.481 e. The first kappa shape index (κ1) is 6.93. The third-order valence-electron chi connectivity index (χ3n) is 5.06. The summed E-state index contributed by atoms with van der Waals surface area (Å²) in [7, 11) is 0. The quantitative estimate of drug-likeness (QED) is 0.644. The normalized spacial score (nSPS) is 57.3. The van der Waals surface area contributed by atoms with E-state index >= 15 is 0 Å². The van der Waals surface area contributed by atoms with Crippen LogP contribution in [-0.2, 0) is 4.79 Å². The van der Waals surface area contributed by atoms with Crippen molar-refractivity contribution in [2.24, 2.45) is 28.6 Å². The molecule has 2 unspecified atom stereocenters.